The molecule has 4 N–H and O–H groups in total. The highest BCUT2D eigenvalue weighted by Gasteiger charge is 2.31. The Morgan fingerprint density at radius 3 is 2.74 bits per heavy atom. The van der Waals surface area contributed by atoms with Crippen LogP contribution in [0.25, 0.3) is 11.0 Å². The number of nitrogens with zero attached hydrogens (tertiary/aromatic N) is 1. The van der Waals surface area contributed by atoms with Crippen LogP contribution in [0.4, 0.5) is 0 Å². The Balaban J connectivity index is 0.00000171. The molecule has 0 saturated carbocycles. The highest BCUT2D eigenvalue weighted by atomic mass is 35.5. The van der Waals surface area contributed by atoms with E-state index in [9.17, 15) is 9.59 Å². The summed E-state index contributed by atoms with van der Waals surface area (Å²) >= 11 is 0. The fourth-order valence-corrected chi connectivity index (χ4v) is 3.72. The normalized spacial score (nSPS) is 18.5. The lowest BCUT2D eigenvalue weighted by Crippen LogP contribution is -2.49. The standard InChI is InChI=1S/C22H25N5O2.2ClH/c1-14(21(28)26-12-15-9-17-7-8-23-20(17)25-11-15)27-22(29)19-10-18(13-24-19)16-5-3-2-4-6-16;;/h2-9,11,14,18-19,24H,10,12-13H2,1H3,(H,23,25)(H,26,28)(H,27,29);2*1H/t14-,18-,19+;;/m0../s1. The average molecular weight is 464 g/mol. The summed E-state index contributed by atoms with van der Waals surface area (Å²) in [6.07, 6.45) is 4.29. The summed E-state index contributed by atoms with van der Waals surface area (Å²) < 4.78 is 0. The van der Waals surface area contributed by atoms with E-state index in [1.807, 2.05) is 36.5 Å². The molecule has 9 heteroatoms. The molecule has 1 fully saturated rings. The van der Waals surface area contributed by atoms with Crippen molar-refractivity contribution in [3.8, 4) is 0 Å². The number of aromatic nitrogens is 2. The Morgan fingerprint density at radius 2 is 1.97 bits per heavy atom. The van der Waals surface area contributed by atoms with E-state index in [0.29, 0.717) is 12.5 Å². The predicted molar refractivity (Wildman–Crippen MR) is 126 cm³/mol. The van der Waals surface area contributed by atoms with Crippen LogP contribution in [0.15, 0.2) is 54.9 Å². The molecule has 0 spiro atoms. The second-order valence-corrected chi connectivity index (χ2v) is 7.51. The van der Waals surface area contributed by atoms with Crippen molar-refractivity contribution in [2.45, 2.75) is 37.9 Å². The molecule has 166 valence electrons. The SMILES string of the molecule is C[C@H](NC(=O)[C@H]1C[C@H](c2ccccc2)CN1)C(=O)NCc1cnc2[nH]ccc2c1.Cl.Cl. The highest BCUT2D eigenvalue weighted by Crippen LogP contribution is 2.25. The topological polar surface area (TPSA) is 98.9 Å². The lowest BCUT2D eigenvalue weighted by Gasteiger charge is -2.17. The zero-order valence-corrected chi connectivity index (χ0v) is 18.8. The number of carbonyl (C=O) groups is 2. The Kier molecular flexibility index (Phi) is 8.86. The third kappa shape index (κ3) is 5.97. The summed E-state index contributed by atoms with van der Waals surface area (Å²) in [6.45, 7) is 2.83. The monoisotopic (exact) mass is 463 g/mol. The van der Waals surface area contributed by atoms with Crippen LogP contribution in [-0.2, 0) is 16.1 Å². The number of fused-ring (bicyclic) bond motifs is 1. The molecule has 3 aromatic rings. The molecule has 31 heavy (non-hydrogen) atoms. The third-order valence-electron chi connectivity index (χ3n) is 5.39. The fraction of sp³-hybridized carbons (Fsp3) is 0.318. The smallest absolute Gasteiger partial charge is 0.242 e. The van der Waals surface area contributed by atoms with Gasteiger partial charge in [-0.1, -0.05) is 30.3 Å². The van der Waals surface area contributed by atoms with Gasteiger partial charge in [0.25, 0.3) is 0 Å². The zero-order valence-electron chi connectivity index (χ0n) is 17.1. The number of nitrogens with one attached hydrogen (secondary N) is 4. The summed E-state index contributed by atoms with van der Waals surface area (Å²) in [6, 6.07) is 13.2. The number of carbonyl (C=O) groups excluding carboxylic acids is 2. The molecule has 2 amide bonds. The minimum atomic E-state index is -0.607. The van der Waals surface area contributed by atoms with Gasteiger partial charge in [-0.05, 0) is 42.5 Å². The van der Waals surface area contributed by atoms with E-state index in [1.165, 1.54) is 5.56 Å². The van der Waals surface area contributed by atoms with Crippen molar-refractivity contribution in [2.24, 2.45) is 0 Å². The number of H-pyrrole nitrogens is 1. The molecule has 3 heterocycles. The molecule has 0 bridgehead atoms. The van der Waals surface area contributed by atoms with E-state index in [2.05, 4.69) is 38.1 Å². The summed E-state index contributed by atoms with van der Waals surface area (Å²) in [5.74, 6) is -0.0430. The second-order valence-electron chi connectivity index (χ2n) is 7.51. The van der Waals surface area contributed by atoms with Crippen molar-refractivity contribution in [1.82, 2.24) is 25.9 Å². The van der Waals surface area contributed by atoms with Crippen molar-refractivity contribution in [3.05, 3.63) is 66.0 Å². The molecule has 2 aromatic heterocycles. The number of aromatic amines is 1. The first-order chi connectivity index (χ1) is 14.1. The Hall–Kier alpha value is -2.61. The van der Waals surface area contributed by atoms with Crippen molar-refractivity contribution in [2.75, 3.05) is 6.54 Å². The predicted octanol–water partition coefficient (Wildman–Crippen LogP) is 2.67. The lowest BCUT2D eigenvalue weighted by atomic mass is 9.96. The number of benzene rings is 1. The summed E-state index contributed by atoms with van der Waals surface area (Å²) in [5.41, 5.74) is 2.96. The van der Waals surface area contributed by atoms with Crippen LogP contribution in [0.2, 0.25) is 0 Å². The highest BCUT2D eigenvalue weighted by molar-refractivity contribution is 5.89. The van der Waals surface area contributed by atoms with Gasteiger partial charge in [-0.25, -0.2) is 4.98 Å². The van der Waals surface area contributed by atoms with Gasteiger partial charge in [0.2, 0.25) is 11.8 Å². The molecule has 3 atom stereocenters. The minimum absolute atomic E-state index is 0. The molecule has 1 aliphatic heterocycles. The second kappa shape index (κ2) is 11.1. The lowest BCUT2D eigenvalue weighted by molar-refractivity contribution is -0.129. The Labute approximate surface area is 193 Å². The maximum atomic E-state index is 12.6. The summed E-state index contributed by atoms with van der Waals surface area (Å²) in [4.78, 5) is 32.3. The first-order valence-electron chi connectivity index (χ1n) is 9.88. The minimum Gasteiger partial charge on any atom is -0.350 e. The summed E-state index contributed by atoms with van der Waals surface area (Å²) in [7, 11) is 0. The van der Waals surface area contributed by atoms with Gasteiger partial charge in [0.15, 0.2) is 0 Å². The van der Waals surface area contributed by atoms with E-state index in [0.717, 1.165) is 29.6 Å². The van der Waals surface area contributed by atoms with Crippen molar-refractivity contribution in [3.63, 3.8) is 0 Å². The maximum Gasteiger partial charge on any atom is 0.242 e. The van der Waals surface area contributed by atoms with Crippen LogP contribution in [0, 0.1) is 0 Å². The molecule has 0 aliphatic carbocycles. The summed E-state index contributed by atoms with van der Waals surface area (Å²) in [5, 5.41) is 9.95. The average Bonchev–Trinajstić information content (AvgIpc) is 3.41. The van der Waals surface area contributed by atoms with Crippen molar-refractivity contribution in [1.29, 1.82) is 0 Å². The quantitative estimate of drug-likeness (QED) is 0.451. The van der Waals surface area contributed by atoms with Gasteiger partial charge < -0.3 is 20.9 Å². The maximum absolute atomic E-state index is 12.6. The number of halogens is 2. The van der Waals surface area contributed by atoms with Gasteiger partial charge in [0, 0.05) is 30.9 Å². The van der Waals surface area contributed by atoms with Crippen LogP contribution in [0.3, 0.4) is 0 Å². The van der Waals surface area contributed by atoms with E-state index in [-0.39, 0.29) is 42.7 Å². The van der Waals surface area contributed by atoms with Gasteiger partial charge in [-0.3, -0.25) is 9.59 Å². The molecule has 1 saturated heterocycles. The molecular weight excluding hydrogens is 437 g/mol. The van der Waals surface area contributed by atoms with E-state index in [1.54, 1.807) is 13.1 Å². The first kappa shape index (κ1) is 24.7. The van der Waals surface area contributed by atoms with E-state index in [4.69, 9.17) is 0 Å². The first-order valence-corrected chi connectivity index (χ1v) is 9.88. The van der Waals surface area contributed by atoms with Gasteiger partial charge >= 0.3 is 0 Å². The van der Waals surface area contributed by atoms with Crippen LogP contribution in [-0.4, -0.2) is 40.4 Å². The number of hydrogen-bond acceptors (Lipinski definition) is 4. The van der Waals surface area contributed by atoms with Crippen LogP contribution in [0.5, 0.6) is 0 Å². The van der Waals surface area contributed by atoms with Gasteiger partial charge in [0.1, 0.15) is 11.7 Å². The molecular formula is C22H27Cl2N5O2. The van der Waals surface area contributed by atoms with Crippen molar-refractivity contribution < 1.29 is 9.59 Å². The number of rotatable bonds is 6. The van der Waals surface area contributed by atoms with Crippen molar-refractivity contribution >= 4 is 47.7 Å². The fourth-order valence-electron chi connectivity index (χ4n) is 3.72. The number of hydrogen-bond donors (Lipinski definition) is 4. The number of amides is 2. The van der Waals surface area contributed by atoms with Gasteiger partial charge in [-0.15, -0.1) is 24.8 Å². The van der Waals surface area contributed by atoms with E-state index < -0.39 is 6.04 Å². The third-order valence-corrected chi connectivity index (χ3v) is 5.39. The molecule has 1 aliphatic rings. The number of pyridine rings is 1. The molecule has 0 unspecified atom stereocenters. The molecule has 1 aromatic carbocycles. The van der Waals surface area contributed by atoms with Crippen LogP contribution in [0.1, 0.15) is 30.4 Å². The Bertz CT molecular complexity index is 1010. The van der Waals surface area contributed by atoms with Gasteiger partial charge in [0.05, 0.1) is 6.04 Å². The Morgan fingerprint density at radius 1 is 1.19 bits per heavy atom. The molecule has 4 rings (SSSR count). The van der Waals surface area contributed by atoms with Crippen LogP contribution >= 0.6 is 24.8 Å². The van der Waals surface area contributed by atoms with Gasteiger partial charge in [-0.2, -0.15) is 0 Å². The zero-order chi connectivity index (χ0) is 20.2. The molecule has 0 radical (unpaired) electrons. The largest absolute Gasteiger partial charge is 0.350 e. The van der Waals surface area contributed by atoms with Crippen LogP contribution < -0.4 is 16.0 Å². The molecule has 7 nitrogen and oxygen atoms in total. The van der Waals surface area contributed by atoms with E-state index >= 15 is 0 Å².